The molecule has 2 amide bonds. The fourth-order valence-electron chi connectivity index (χ4n) is 4.10. The van der Waals surface area contributed by atoms with Crippen molar-refractivity contribution < 1.29 is 9.59 Å². The molecule has 0 radical (unpaired) electrons. The van der Waals surface area contributed by atoms with Gasteiger partial charge in [0.05, 0.1) is 5.69 Å². The van der Waals surface area contributed by atoms with Gasteiger partial charge in [-0.15, -0.1) is 0 Å². The zero-order valence-corrected chi connectivity index (χ0v) is 19.7. The Morgan fingerprint density at radius 1 is 1.00 bits per heavy atom. The van der Waals surface area contributed by atoms with Crippen molar-refractivity contribution in [3.63, 3.8) is 0 Å². The molecule has 35 heavy (non-hydrogen) atoms. The van der Waals surface area contributed by atoms with Gasteiger partial charge in [-0.25, -0.2) is 15.0 Å². The lowest BCUT2D eigenvalue weighted by Crippen LogP contribution is -2.50. The number of hydrogen-bond acceptors (Lipinski definition) is 8. The number of nitrogens with two attached hydrogens (primary N) is 1. The third-order valence-electron chi connectivity index (χ3n) is 5.79. The van der Waals surface area contributed by atoms with Crippen LogP contribution in [-0.2, 0) is 9.59 Å². The molecule has 0 saturated carbocycles. The second-order valence-corrected chi connectivity index (χ2v) is 8.29. The third kappa shape index (κ3) is 6.30. The Morgan fingerprint density at radius 2 is 1.74 bits per heavy atom. The number of rotatable bonds is 9. The van der Waals surface area contributed by atoms with E-state index in [0.29, 0.717) is 43.5 Å². The van der Waals surface area contributed by atoms with Crippen LogP contribution in [0.2, 0.25) is 0 Å². The fraction of sp³-hybridized carbons (Fsp3) is 0.320. The van der Waals surface area contributed by atoms with Gasteiger partial charge >= 0.3 is 0 Å². The molecule has 182 valence electrons. The molecule has 4 N–H and O–H groups in total. The van der Waals surface area contributed by atoms with E-state index in [4.69, 9.17) is 10.7 Å². The summed E-state index contributed by atoms with van der Waals surface area (Å²) in [5.41, 5.74) is 7.28. The lowest BCUT2D eigenvalue weighted by atomic mass is 10.1. The Labute approximate surface area is 204 Å². The monoisotopic (exact) mass is 474 g/mol. The van der Waals surface area contributed by atoms with E-state index < -0.39 is 11.9 Å². The average molecular weight is 475 g/mol. The minimum absolute atomic E-state index is 0.0983. The molecule has 4 rings (SSSR count). The summed E-state index contributed by atoms with van der Waals surface area (Å²) in [7, 11) is 0. The molecule has 3 aromatic rings. The molecule has 1 unspecified atom stereocenters. The van der Waals surface area contributed by atoms with Crippen LogP contribution in [0.1, 0.15) is 18.7 Å². The van der Waals surface area contributed by atoms with Crippen LogP contribution >= 0.6 is 0 Å². The predicted molar refractivity (Wildman–Crippen MR) is 135 cm³/mol. The zero-order valence-electron chi connectivity index (χ0n) is 19.7. The van der Waals surface area contributed by atoms with Crippen molar-refractivity contribution in [2.45, 2.75) is 13.0 Å². The second-order valence-electron chi connectivity index (χ2n) is 8.29. The minimum Gasteiger partial charge on any atom is -0.368 e. The lowest BCUT2D eigenvalue weighted by Gasteiger charge is -2.38. The molecule has 1 aliphatic rings. The molecule has 10 nitrogen and oxygen atoms in total. The summed E-state index contributed by atoms with van der Waals surface area (Å²) in [5, 5.41) is 5.97. The van der Waals surface area contributed by atoms with Gasteiger partial charge in [-0.2, -0.15) is 0 Å². The van der Waals surface area contributed by atoms with Gasteiger partial charge in [-0.3, -0.25) is 14.5 Å². The third-order valence-corrected chi connectivity index (χ3v) is 5.79. The number of carbonyl (C=O) groups excluding carboxylic acids is 2. The van der Waals surface area contributed by atoms with E-state index in [0.717, 1.165) is 24.5 Å². The summed E-state index contributed by atoms with van der Waals surface area (Å²) in [6.07, 6.45) is 1.78. The molecule has 2 aromatic heterocycles. The van der Waals surface area contributed by atoms with Crippen LogP contribution < -0.4 is 21.3 Å². The van der Waals surface area contributed by atoms with E-state index in [2.05, 4.69) is 30.4 Å². The minimum atomic E-state index is -0.692. The second kappa shape index (κ2) is 11.4. The molecule has 1 aromatic carbocycles. The molecular formula is C25H30N8O2. The molecule has 0 bridgehead atoms. The number of primary amides is 1. The molecule has 1 aliphatic heterocycles. The van der Waals surface area contributed by atoms with Crippen LogP contribution in [0.15, 0.2) is 60.8 Å². The van der Waals surface area contributed by atoms with Crippen molar-refractivity contribution in [2.24, 2.45) is 5.73 Å². The highest BCUT2D eigenvalue weighted by molar-refractivity contribution is 5.81. The standard InChI is InChI=1S/C25H30N8O2/c1-18(34)27-11-12-28-21-17-20(30-25(31-21)19-7-3-2-4-8-19)23(24(26)35)33-15-13-32(14-16-33)22-9-5-6-10-29-22/h2-10,17,23H,11-16H2,1H3,(H2,26,35)(H,27,34)(H,28,30,31). The SMILES string of the molecule is CC(=O)NCCNc1cc(C(C(N)=O)N2CCN(c3ccccn3)CC2)nc(-c2ccccc2)n1. The van der Waals surface area contributed by atoms with Gasteiger partial charge in [-0.1, -0.05) is 36.4 Å². The Hall–Kier alpha value is -4.05. The Morgan fingerprint density at radius 3 is 2.40 bits per heavy atom. The van der Waals surface area contributed by atoms with Crippen LogP contribution in [0.4, 0.5) is 11.6 Å². The van der Waals surface area contributed by atoms with E-state index in [1.54, 1.807) is 12.3 Å². The van der Waals surface area contributed by atoms with Crippen molar-refractivity contribution in [2.75, 3.05) is 49.5 Å². The molecule has 10 heteroatoms. The molecule has 1 saturated heterocycles. The number of carbonyl (C=O) groups is 2. The molecule has 1 fully saturated rings. The van der Waals surface area contributed by atoms with Crippen molar-refractivity contribution >= 4 is 23.5 Å². The molecule has 1 atom stereocenters. The van der Waals surface area contributed by atoms with Gasteiger partial charge in [0.25, 0.3) is 0 Å². The van der Waals surface area contributed by atoms with Crippen molar-refractivity contribution in [1.82, 2.24) is 25.2 Å². The Bertz CT molecular complexity index is 1130. The van der Waals surface area contributed by atoms with Gasteiger partial charge in [-0.05, 0) is 12.1 Å². The highest BCUT2D eigenvalue weighted by Crippen LogP contribution is 2.26. The Balaban J connectivity index is 1.57. The van der Waals surface area contributed by atoms with E-state index in [1.165, 1.54) is 6.92 Å². The Kier molecular flexibility index (Phi) is 7.84. The number of nitrogens with zero attached hydrogens (tertiary/aromatic N) is 5. The van der Waals surface area contributed by atoms with Gasteiger partial charge in [0, 0.05) is 64.0 Å². The zero-order chi connectivity index (χ0) is 24.6. The van der Waals surface area contributed by atoms with E-state index >= 15 is 0 Å². The summed E-state index contributed by atoms with van der Waals surface area (Å²) >= 11 is 0. The number of benzene rings is 1. The van der Waals surface area contributed by atoms with E-state index in [-0.39, 0.29) is 5.91 Å². The van der Waals surface area contributed by atoms with Gasteiger partial charge in [0.15, 0.2) is 5.82 Å². The smallest absolute Gasteiger partial charge is 0.241 e. The number of anilines is 2. The average Bonchev–Trinajstić information content (AvgIpc) is 2.88. The van der Waals surface area contributed by atoms with Gasteiger partial charge in [0.2, 0.25) is 11.8 Å². The lowest BCUT2D eigenvalue weighted by molar-refractivity contribution is -0.123. The van der Waals surface area contributed by atoms with E-state index in [1.807, 2.05) is 48.5 Å². The summed E-state index contributed by atoms with van der Waals surface area (Å²) in [4.78, 5) is 41.9. The van der Waals surface area contributed by atoms with Crippen molar-refractivity contribution in [3.8, 4) is 11.4 Å². The topological polar surface area (TPSA) is 129 Å². The summed E-state index contributed by atoms with van der Waals surface area (Å²) < 4.78 is 0. The highest BCUT2D eigenvalue weighted by atomic mass is 16.2. The number of hydrogen-bond donors (Lipinski definition) is 3. The molecule has 0 aliphatic carbocycles. The first-order valence-corrected chi connectivity index (χ1v) is 11.6. The van der Waals surface area contributed by atoms with Gasteiger partial charge in [0.1, 0.15) is 17.7 Å². The number of amides is 2. The molecule has 3 heterocycles. The number of nitrogens with one attached hydrogen (secondary N) is 2. The number of aromatic nitrogens is 3. The van der Waals surface area contributed by atoms with Crippen LogP contribution in [0.5, 0.6) is 0 Å². The highest BCUT2D eigenvalue weighted by Gasteiger charge is 2.31. The maximum Gasteiger partial charge on any atom is 0.241 e. The normalized spacial score (nSPS) is 14.8. The summed E-state index contributed by atoms with van der Waals surface area (Å²) in [6, 6.07) is 16.5. The first kappa shape index (κ1) is 24.1. The molecular weight excluding hydrogens is 444 g/mol. The maximum absolute atomic E-state index is 12.7. The van der Waals surface area contributed by atoms with Crippen LogP contribution in [0, 0.1) is 0 Å². The van der Waals surface area contributed by atoms with E-state index in [9.17, 15) is 9.59 Å². The number of pyridine rings is 1. The van der Waals surface area contributed by atoms with Crippen molar-refractivity contribution in [1.29, 1.82) is 0 Å². The largest absolute Gasteiger partial charge is 0.368 e. The first-order chi connectivity index (χ1) is 17.0. The molecule has 0 spiro atoms. The number of piperazine rings is 1. The quantitative estimate of drug-likeness (QED) is 0.397. The first-order valence-electron chi connectivity index (χ1n) is 11.6. The fourth-order valence-corrected chi connectivity index (χ4v) is 4.10. The van der Waals surface area contributed by atoms with Crippen LogP contribution in [0.25, 0.3) is 11.4 Å². The van der Waals surface area contributed by atoms with Crippen LogP contribution in [-0.4, -0.2) is 70.9 Å². The van der Waals surface area contributed by atoms with Gasteiger partial charge < -0.3 is 21.3 Å². The van der Waals surface area contributed by atoms with Crippen molar-refractivity contribution in [3.05, 3.63) is 66.5 Å². The maximum atomic E-state index is 12.7. The summed E-state index contributed by atoms with van der Waals surface area (Å²) in [5.74, 6) is 1.43. The predicted octanol–water partition coefficient (Wildman–Crippen LogP) is 1.44. The summed E-state index contributed by atoms with van der Waals surface area (Å²) in [6.45, 7) is 5.12. The van der Waals surface area contributed by atoms with Crippen LogP contribution in [0.3, 0.4) is 0 Å².